The van der Waals surface area contributed by atoms with Crippen molar-refractivity contribution in [2.24, 2.45) is 0 Å². The number of aromatic nitrogens is 1. The van der Waals surface area contributed by atoms with Crippen molar-refractivity contribution >= 4 is 55.0 Å². The Kier molecular flexibility index (Phi) is 6.30. The molecule has 3 rings (SSSR count). The van der Waals surface area contributed by atoms with Crippen LogP contribution in [0.5, 0.6) is 0 Å². The normalized spacial score (nSPS) is 11.6. The van der Waals surface area contributed by atoms with E-state index in [1.807, 2.05) is 19.0 Å². The molecule has 0 bridgehead atoms. The van der Waals surface area contributed by atoms with Crippen LogP contribution in [0.1, 0.15) is 4.88 Å². The Hall–Kier alpha value is -2.76. The summed E-state index contributed by atoms with van der Waals surface area (Å²) in [5, 5.41) is 11.0. The van der Waals surface area contributed by atoms with Gasteiger partial charge in [0.05, 0.1) is 9.62 Å². The smallest absolute Gasteiger partial charge is 0.308 e. The van der Waals surface area contributed by atoms with Crippen LogP contribution in [0.2, 0.25) is 0 Å². The standard InChI is InChI=1S/C18H16F2N4O3S2/c1-22(2)7-8-23(15(25)5-3-12-4-6-16(28-12)24(26)27)18-21-17-13(20)9-11(19)10-14(17)29-18/h3-6,9-10H,7-8H2,1-2H3. The van der Waals surface area contributed by atoms with E-state index in [1.54, 1.807) is 6.07 Å². The molecule has 11 heteroatoms. The lowest BCUT2D eigenvalue weighted by Gasteiger charge is -2.20. The van der Waals surface area contributed by atoms with Gasteiger partial charge in [-0.3, -0.25) is 19.8 Å². The quantitative estimate of drug-likeness (QED) is 0.315. The number of thiophene rings is 1. The SMILES string of the molecule is CN(C)CCN(C(=O)C=Cc1ccc([N+](=O)[O-])s1)c1nc2c(F)cc(F)cc2s1. The molecule has 7 nitrogen and oxygen atoms in total. The number of likely N-dealkylation sites (N-methyl/N-ethyl adjacent to an activating group) is 1. The van der Waals surface area contributed by atoms with E-state index in [0.717, 1.165) is 28.7 Å². The predicted octanol–water partition coefficient (Wildman–Crippen LogP) is 4.15. The predicted molar refractivity (Wildman–Crippen MR) is 110 cm³/mol. The van der Waals surface area contributed by atoms with Gasteiger partial charge in [-0.15, -0.1) is 0 Å². The number of carbonyl (C=O) groups is 1. The molecule has 0 aliphatic rings. The Morgan fingerprint density at radius 2 is 2.00 bits per heavy atom. The topological polar surface area (TPSA) is 79.6 Å². The molecule has 0 saturated carbocycles. The molecule has 0 saturated heterocycles. The highest BCUT2D eigenvalue weighted by Gasteiger charge is 2.20. The zero-order valence-corrected chi connectivity index (χ0v) is 17.1. The molecule has 3 aromatic rings. The van der Waals surface area contributed by atoms with Crippen LogP contribution in [0.15, 0.2) is 30.3 Å². The summed E-state index contributed by atoms with van der Waals surface area (Å²) in [6.45, 7) is 0.807. The van der Waals surface area contributed by atoms with Crippen molar-refractivity contribution in [3.05, 3.63) is 57.0 Å². The second-order valence-corrected chi connectivity index (χ2v) is 8.39. The third-order valence-electron chi connectivity index (χ3n) is 3.85. The van der Waals surface area contributed by atoms with Crippen molar-refractivity contribution in [2.75, 3.05) is 32.1 Å². The molecule has 0 unspecified atom stereocenters. The first-order valence-electron chi connectivity index (χ1n) is 8.38. The highest BCUT2D eigenvalue weighted by atomic mass is 32.1. The molecule has 0 atom stereocenters. The lowest BCUT2D eigenvalue weighted by atomic mass is 10.3. The molecule has 1 aromatic carbocycles. The molecular weight excluding hydrogens is 422 g/mol. The average molecular weight is 438 g/mol. The largest absolute Gasteiger partial charge is 0.324 e. The fourth-order valence-corrected chi connectivity index (χ4v) is 4.20. The van der Waals surface area contributed by atoms with E-state index in [0.29, 0.717) is 16.1 Å². The second kappa shape index (κ2) is 8.72. The minimum absolute atomic E-state index is 0.00640. The van der Waals surface area contributed by atoms with Crippen LogP contribution in [0.25, 0.3) is 16.3 Å². The van der Waals surface area contributed by atoms with E-state index in [4.69, 9.17) is 0 Å². The Morgan fingerprint density at radius 3 is 2.66 bits per heavy atom. The van der Waals surface area contributed by atoms with Gasteiger partial charge in [0.25, 0.3) is 5.91 Å². The van der Waals surface area contributed by atoms with Crippen LogP contribution in [0.4, 0.5) is 18.9 Å². The summed E-state index contributed by atoms with van der Waals surface area (Å²) >= 11 is 1.97. The molecule has 0 aliphatic carbocycles. The Bertz CT molecular complexity index is 1090. The van der Waals surface area contributed by atoms with Gasteiger partial charge in [-0.1, -0.05) is 22.7 Å². The summed E-state index contributed by atoms with van der Waals surface area (Å²) in [7, 11) is 3.69. The van der Waals surface area contributed by atoms with Crippen molar-refractivity contribution in [1.82, 2.24) is 9.88 Å². The molecule has 0 fully saturated rings. The van der Waals surface area contributed by atoms with Gasteiger partial charge in [0.15, 0.2) is 10.9 Å². The van der Waals surface area contributed by atoms with E-state index in [-0.39, 0.29) is 22.2 Å². The van der Waals surface area contributed by atoms with E-state index < -0.39 is 22.5 Å². The third kappa shape index (κ3) is 5.00. The number of thiazole rings is 1. The minimum Gasteiger partial charge on any atom is -0.308 e. The van der Waals surface area contributed by atoms with Gasteiger partial charge in [0.1, 0.15) is 11.3 Å². The van der Waals surface area contributed by atoms with Crippen molar-refractivity contribution in [2.45, 2.75) is 0 Å². The summed E-state index contributed by atoms with van der Waals surface area (Å²) in [4.78, 5) is 31.0. The minimum atomic E-state index is -0.788. The monoisotopic (exact) mass is 438 g/mol. The first-order chi connectivity index (χ1) is 13.7. The lowest BCUT2D eigenvalue weighted by Crippen LogP contribution is -2.35. The van der Waals surface area contributed by atoms with Gasteiger partial charge in [-0.05, 0) is 32.3 Å². The zero-order chi connectivity index (χ0) is 21.1. The molecule has 0 radical (unpaired) electrons. The highest BCUT2D eigenvalue weighted by molar-refractivity contribution is 7.22. The molecule has 152 valence electrons. The van der Waals surface area contributed by atoms with Gasteiger partial charge in [0.2, 0.25) is 0 Å². The number of nitro groups is 1. The molecule has 29 heavy (non-hydrogen) atoms. The van der Waals surface area contributed by atoms with Crippen LogP contribution in [-0.2, 0) is 4.79 Å². The van der Waals surface area contributed by atoms with Crippen molar-refractivity contribution in [3.8, 4) is 0 Å². The van der Waals surface area contributed by atoms with Crippen LogP contribution in [0.3, 0.4) is 0 Å². The molecule has 1 amide bonds. The fourth-order valence-electron chi connectivity index (χ4n) is 2.43. The van der Waals surface area contributed by atoms with Crippen LogP contribution in [0, 0.1) is 21.7 Å². The van der Waals surface area contributed by atoms with Gasteiger partial charge in [0, 0.05) is 36.2 Å². The number of hydrogen-bond donors (Lipinski definition) is 0. The maximum atomic E-state index is 14.0. The van der Waals surface area contributed by atoms with E-state index >= 15 is 0 Å². The molecule has 0 N–H and O–H groups in total. The van der Waals surface area contributed by atoms with E-state index in [9.17, 15) is 23.7 Å². The summed E-state index contributed by atoms with van der Waals surface area (Å²) < 4.78 is 27.8. The summed E-state index contributed by atoms with van der Waals surface area (Å²) in [6.07, 6.45) is 2.77. The number of rotatable bonds is 7. The molecule has 2 aromatic heterocycles. The highest BCUT2D eigenvalue weighted by Crippen LogP contribution is 2.31. The lowest BCUT2D eigenvalue weighted by molar-refractivity contribution is -0.380. The summed E-state index contributed by atoms with van der Waals surface area (Å²) in [5.41, 5.74) is 0.00640. The number of anilines is 1. The first kappa shape index (κ1) is 21.0. The van der Waals surface area contributed by atoms with E-state index in [2.05, 4.69) is 4.98 Å². The van der Waals surface area contributed by atoms with Gasteiger partial charge in [-0.25, -0.2) is 13.8 Å². The van der Waals surface area contributed by atoms with Gasteiger partial charge < -0.3 is 4.90 Å². The number of hydrogen-bond acceptors (Lipinski definition) is 7. The number of halogens is 2. The number of benzene rings is 1. The third-order valence-corrected chi connectivity index (χ3v) is 5.88. The number of fused-ring (bicyclic) bond motifs is 1. The van der Waals surface area contributed by atoms with Crippen molar-refractivity contribution in [1.29, 1.82) is 0 Å². The van der Waals surface area contributed by atoms with Crippen LogP contribution >= 0.6 is 22.7 Å². The molecule has 0 aliphatic heterocycles. The number of carbonyl (C=O) groups excluding carboxylic acids is 1. The van der Waals surface area contributed by atoms with Gasteiger partial charge >= 0.3 is 5.00 Å². The molecular formula is C18H16F2N4O3S2. The average Bonchev–Trinajstić information content (AvgIpc) is 3.27. The maximum absolute atomic E-state index is 14.0. The van der Waals surface area contributed by atoms with Crippen molar-refractivity contribution < 1.29 is 18.5 Å². The van der Waals surface area contributed by atoms with Crippen molar-refractivity contribution in [3.63, 3.8) is 0 Å². The molecule has 0 spiro atoms. The first-order valence-corrected chi connectivity index (χ1v) is 10.0. The fraction of sp³-hybridized carbons (Fsp3) is 0.222. The summed E-state index contributed by atoms with van der Waals surface area (Å²) in [6, 6.07) is 4.84. The maximum Gasteiger partial charge on any atom is 0.324 e. The van der Waals surface area contributed by atoms with Crippen LogP contribution in [-0.4, -0.2) is 47.9 Å². The zero-order valence-electron chi connectivity index (χ0n) is 15.5. The molecule has 2 heterocycles. The second-order valence-electron chi connectivity index (χ2n) is 6.29. The Morgan fingerprint density at radius 1 is 1.24 bits per heavy atom. The number of amides is 1. The Balaban J connectivity index is 1.89. The Labute approximate surface area is 172 Å². The summed E-state index contributed by atoms with van der Waals surface area (Å²) in [5.74, 6) is -1.91. The van der Waals surface area contributed by atoms with Crippen LogP contribution < -0.4 is 4.90 Å². The van der Waals surface area contributed by atoms with Gasteiger partial charge in [-0.2, -0.15) is 0 Å². The van der Waals surface area contributed by atoms with E-state index in [1.165, 1.54) is 29.2 Å². The number of nitrogens with zero attached hydrogens (tertiary/aromatic N) is 4.